The lowest BCUT2D eigenvalue weighted by Crippen LogP contribution is -2.34. The average molecular weight is 298 g/mol. The smallest absolute Gasteiger partial charge is 0.267 e. The Morgan fingerprint density at radius 2 is 2.00 bits per heavy atom. The number of hydrogen-bond acceptors (Lipinski definition) is 4. The summed E-state index contributed by atoms with van der Waals surface area (Å²) in [4.78, 5) is 27.9. The van der Waals surface area contributed by atoms with Gasteiger partial charge in [0.15, 0.2) is 0 Å². The average Bonchev–Trinajstić information content (AvgIpc) is 2.55. The molecule has 2 aromatic heterocycles. The van der Waals surface area contributed by atoms with Crippen LogP contribution in [0, 0.1) is 0 Å². The summed E-state index contributed by atoms with van der Waals surface area (Å²) in [5.41, 5.74) is 2.74. The number of nitrogens with one attached hydrogen (secondary N) is 1. The van der Waals surface area contributed by atoms with Crippen LogP contribution in [0.2, 0.25) is 0 Å². The molecule has 0 bridgehead atoms. The standard InChI is InChI=1S/C16H18N4O2/c21-15(18-10-12-5-7-17-8-6-12)11-20-16(22)9-13-3-1-2-4-14(13)19-20/h5-9H,1-4,10-11H2,(H,18,21). The van der Waals surface area contributed by atoms with E-state index in [-0.39, 0.29) is 18.0 Å². The number of carbonyl (C=O) groups excluding carboxylic acids is 1. The van der Waals surface area contributed by atoms with E-state index in [0.717, 1.165) is 42.5 Å². The zero-order chi connectivity index (χ0) is 15.4. The molecule has 0 aliphatic heterocycles. The molecule has 0 saturated heterocycles. The number of rotatable bonds is 4. The molecule has 1 amide bonds. The molecule has 114 valence electrons. The number of aryl methyl sites for hydroxylation is 2. The summed E-state index contributed by atoms with van der Waals surface area (Å²) in [5, 5.41) is 7.13. The summed E-state index contributed by atoms with van der Waals surface area (Å²) in [6.07, 6.45) is 7.34. The number of aromatic nitrogens is 3. The second kappa shape index (κ2) is 6.51. The quantitative estimate of drug-likeness (QED) is 0.907. The minimum absolute atomic E-state index is 0.0444. The van der Waals surface area contributed by atoms with Crippen molar-refractivity contribution in [3.05, 3.63) is 57.8 Å². The topological polar surface area (TPSA) is 76.9 Å². The first-order valence-corrected chi connectivity index (χ1v) is 7.48. The Hall–Kier alpha value is -2.50. The summed E-state index contributed by atoms with van der Waals surface area (Å²) in [5.74, 6) is -0.220. The number of amides is 1. The van der Waals surface area contributed by atoms with E-state index in [1.165, 1.54) is 4.68 Å². The van der Waals surface area contributed by atoms with Gasteiger partial charge in [-0.05, 0) is 48.9 Å². The molecular formula is C16H18N4O2. The Balaban J connectivity index is 1.65. The first-order valence-electron chi connectivity index (χ1n) is 7.48. The van der Waals surface area contributed by atoms with Crippen molar-refractivity contribution in [1.29, 1.82) is 0 Å². The van der Waals surface area contributed by atoms with Gasteiger partial charge >= 0.3 is 0 Å². The van der Waals surface area contributed by atoms with E-state index >= 15 is 0 Å². The van der Waals surface area contributed by atoms with Crippen LogP contribution in [-0.2, 0) is 30.7 Å². The van der Waals surface area contributed by atoms with Crippen LogP contribution < -0.4 is 10.9 Å². The van der Waals surface area contributed by atoms with Crippen LogP contribution in [0.4, 0.5) is 0 Å². The molecule has 6 heteroatoms. The summed E-state index contributed by atoms with van der Waals surface area (Å²) in [6.45, 7) is 0.373. The molecule has 22 heavy (non-hydrogen) atoms. The number of fused-ring (bicyclic) bond motifs is 1. The van der Waals surface area contributed by atoms with Crippen LogP contribution in [0.15, 0.2) is 35.4 Å². The Morgan fingerprint density at radius 1 is 1.23 bits per heavy atom. The SMILES string of the molecule is O=C(Cn1nc2c(cc1=O)CCCC2)NCc1ccncc1. The zero-order valence-electron chi connectivity index (χ0n) is 12.3. The van der Waals surface area contributed by atoms with Crippen LogP contribution in [0.3, 0.4) is 0 Å². The lowest BCUT2D eigenvalue weighted by Gasteiger charge is -2.15. The van der Waals surface area contributed by atoms with Crippen molar-refractivity contribution < 1.29 is 4.79 Å². The van der Waals surface area contributed by atoms with E-state index in [4.69, 9.17) is 0 Å². The fraction of sp³-hybridized carbons (Fsp3) is 0.375. The van der Waals surface area contributed by atoms with Gasteiger partial charge in [-0.1, -0.05) is 0 Å². The predicted molar refractivity (Wildman–Crippen MR) is 81.2 cm³/mol. The van der Waals surface area contributed by atoms with Crippen molar-refractivity contribution in [2.45, 2.75) is 38.8 Å². The third kappa shape index (κ3) is 3.39. The second-order valence-electron chi connectivity index (χ2n) is 5.45. The van der Waals surface area contributed by atoms with Crippen LogP contribution >= 0.6 is 0 Å². The zero-order valence-corrected chi connectivity index (χ0v) is 12.3. The lowest BCUT2D eigenvalue weighted by molar-refractivity contribution is -0.122. The molecule has 0 fully saturated rings. The molecule has 3 rings (SSSR count). The van der Waals surface area contributed by atoms with Gasteiger partial charge in [0.25, 0.3) is 5.56 Å². The highest BCUT2D eigenvalue weighted by atomic mass is 16.2. The van der Waals surface area contributed by atoms with Gasteiger partial charge in [0, 0.05) is 25.0 Å². The second-order valence-corrected chi connectivity index (χ2v) is 5.45. The summed E-state index contributed by atoms with van der Waals surface area (Å²) < 4.78 is 1.26. The Morgan fingerprint density at radius 3 is 2.82 bits per heavy atom. The van der Waals surface area contributed by atoms with Crippen molar-refractivity contribution in [3.63, 3.8) is 0 Å². The fourth-order valence-electron chi connectivity index (χ4n) is 2.61. The molecular weight excluding hydrogens is 280 g/mol. The molecule has 1 N–H and O–H groups in total. The molecule has 0 aromatic carbocycles. The van der Waals surface area contributed by atoms with Crippen LogP contribution in [0.1, 0.15) is 29.7 Å². The largest absolute Gasteiger partial charge is 0.350 e. The van der Waals surface area contributed by atoms with E-state index in [0.29, 0.717) is 6.54 Å². The number of pyridine rings is 1. The third-order valence-electron chi connectivity index (χ3n) is 3.81. The van der Waals surface area contributed by atoms with Gasteiger partial charge in [-0.3, -0.25) is 14.6 Å². The van der Waals surface area contributed by atoms with Crippen molar-refractivity contribution in [2.24, 2.45) is 0 Å². The van der Waals surface area contributed by atoms with E-state index in [1.54, 1.807) is 18.5 Å². The van der Waals surface area contributed by atoms with Gasteiger partial charge in [0.05, 0.1) is 5.69 Å². The van der Waals surface area contributed by atoms with Gasteiger partial charge in [0.2, 0.25) is 5.91 Å². The van der Waals surface area contributed by atoms with Gasteiger partial charge in [-0.25, -0.2) is 4.68 Å². The molecule has 0 unspecified atom stereocenters. The van der Waals surface area contributed by atoms with Gasteiger partial charge in [0.1, 0.15) is 6.54 Å². The van der Waals surface area contributed by atoms with Crippen molar-refractivity contribution >= 4 is 5.91 Å². The maximum atomic E-state index is 12.0. The molecule has 6 nitrogen and oxygen atoms in total. The van der Waals surface area contributed by atoms with Crippen molar-refractivity contribution in [2.75, 3.05) is 0 Å². The van der Waals surface area contributed by atoms with Gasteiger partial charge in [-0.15, -0.1) is 0 Å². The number of hydrogen-bond donors (Lipinski definition) is 1. The lowest BCUT2D eigenvalue weighted by atomic mass is 9.97. The highest BCUT2D eigenvalue weighted by molar-refractivity contribution is 5.75. The Kier molecular flexibility index (Phi) is 4.27. The fourth-order valence-corrected chi connectivity index (χ4v) is 2.61. The first kappa shape index (κ1) is 14.4. The number of nitrogens with zero attached hydrogens (tertiary/aromatic N) is 3. The molecule has 1 aliphatic carbocycles. The molecule has 0 atom stereocenters. The Labute approximate surface area is 128 Å². The molecule has 2 heterocycles. The highest BCUT2D eigenvalue weighted by Crippen LogP contribution is 2.16. The first-order chi connectivity index (χ1) is 10.7. The molecule has 2 aromatic rings. The van der Waals surface area contributed by atoms with E-state index in [2.05, 4.69) is 15.4 Å². The van der Waals surface area contributed by atoms with Crippen molar-refractivity contribution in [1.82, 2.24) is 20.1 Å². The molecule has 0 radical (unpaired) electrons. The maximum absolute atomic E-state index is 12.0. The minimum Gasteiger partial charge on any atom is -0.350 e. The van der Waals surface area contributed by atoms with Gasteiger partial charge < -0.3 is 5.32 Å². The number of carbonyl (C=O) groups is 1. The molecule has 0 spiro atoms. The normalized spacial score (nSPS) is 13.5. The van der Waals surface area contributed by atoms with Crippen LogP contribution in [0.25, 0.3) is 0 Å². The van der Waals surface area contributed by atoms with Crippen molar-refractivity contribution in [3.8, 4) is 0 Å². The van der Waals surface area contributed by atoms with E-state index in [1.807, 2.05) is 12.1 Å². The summed E-state index contributed by atoms with van der Waals surface area (Å²) in [6, 6.07) is 5.30. The monoisotopic (exact) mass is 298 g/mol. The third-order valence-corrected chi connectivity index (χ3v) is 3.81. The van der Waals surface area contributed by atoms with E-state index < -0.39 is 0 Å². The van der Waals surface area contributed by atoms with E-state index in [9.17, 15) is 9.59 Å². The van der Waals surface area contributed by atoms with Crippen LogP contribution in [-0.4, -0.2) is 20.7 Å². The minimum atomic E-state index is -0.220. The molecule has 1 aliphatic rings. The van der Waals surface area contributed by atoms with Crippen LogP contribution in [0.5, 0.6) is 0 Å². The predicted octanol–water partition coefficient (Wildman–Crippen LogP) is 0.833. The van der Waals surface area contributed by atoms with Gasteiger partial charge in [-0.2, -0.15) is 5.10 Å². The Bertz CT molecular complexity index is 725. The summed E-state index contributed by atoms with van der Waals surface area (Å²) >= 11 is 0. The highest BCUT2D eigenvalue weighted by Gasteiger charge is 2.14. The molecule has 0 saturated carbocycles. The summed E-state index contributed by atoms with van der Waals surface area (Å²) in [7, 11) is 0. The maximum Gasteiger partial charge on any atom is 0.267 e.